The molecule has 0 fully saturated rings. The van der Waals surface area contributed by atoms with Crippen molar-refractivity contribution in [1.82, 2.24) is 0 Å². The molecule has 0 amide bonds. The van der Waals surface area contributed by atoms with E-state index >= 15 is 0 Å². The zero-order valence-corrected chi connectivity index (χ0v) is 41.4. The zero-order valence-electron chi connectivity index (χ0n) is 41.4. The predicted octanol–water partition coefficient (Wildman–Crippen LogP) is 13.4. The summed E-state index contributed by atoms with van der Waals surface area (Å²) in [7, 11) is 0. The summed E-state index contributed by atoms with van der Waals surface area (Å²) in [6.45, 7) is 28.2. The fourth-order valence-corrected chi connectivity index (χ4v) is 8.34. The van der Waals surface area contributed by atoms with Crippen LogP contribution < -0.4 is 18.9 Å². The lowest BCUT2D eigenvalue weighted by Gasteiger charge is -2.28. The zero-order chi connectivity index (χ0) is 47.1. The molecular weight excluding hydrogens is 809 g/mol. The Balaban J connectivity index is 1.64. The highest BCUT2D eigenvalue weighted by atomic mass is 16.6. The first kappa shape index (κ1) is 49.0. The summed E-state index contributed by atoms with van der Waals surface area (Å²) in [6, 6.07) is 27.1. The largest absolute Gasteiger partial charge is 0.507 e. The summed E-state index contributed by atoms with van der Waals surface area (Å²) in [5.74, 6) is 2.74. The van der Waals surface area contributed by atoms with Crippen LogP contribution in [0.25, 0.3) is 0 Å². The van der Waals surface area contributed by atoms with Gasteiger partial charge in [-0.3, -0.25) is 0 Å². The van der Waals surface area contributed by atoms with Gasteiger partial charge in [0.1, 0.15) is 35.4 Å². The highest BCUT2D eigenvalue weighted by Gasteiger charge is 2.28. The van der Waals surface area contributed by atoms with Crippen LogP contribution in [0.15, 0.2) is 78.9 Å². The third-order valence-electron chi connectivity index (χ3n) is 12.0. The molecule has 0 unspecified atom stereocenters. The lowest BCUT2D eigenvalue weighted by atomic mass is 9.80. The van der Waals surface area contributed by atoms with Gasteiger partial charge in [-0.05, 0) is 103 Å². The highest BCUT2D eigenvalue weighted by molar-refractivity contribution is 5.71. The Morgan fingerprint density at radius 1 is 0.492 bits per heavy atom. The first-order valence-electron chi connectivity index (χ1n) is 23.8. The molecule has 0 aromatic heterocycles. The fourth-order valence-electron chi connectivity index (χ4n) is 8.34. The summed E-state index contributed by atoms with van der Waals surface area (Å²) in [6.07, 6.45) is 4.46. The van der Waals surface area contributed by atoms with Crippen molar-refractivity contribution in [2.24, 2.45) is 0 Å². The van der Waals surface area contributed by atoms with Crippen LogP contribution in [-0.2, 0) is 58.1 Å². The van der Waals surface area contributed by atoms with E-state index in [0.29, 0.717) is 62.4 Å². The van der Waals surface area contributed by atoms with Gasteiger partial charge in [0.15, 0.2) is 6.61 Å². The standard InChI is InChI=1S/C58H74O7/c1-13-21-61-53-41-24-39-34-50(64-37-51(59)65-36-38-19-17-16-18-20-38)35-40(52(39)60)25-42-29-48(57(7,8)9)31-44(54(42)62-22-14-2)27-46-33-49(58(10,11)12)32-45(55(46)63-23-15-3)26-43(53)30-47(28-41)56(4,5)6/h16-20,28-35,60H,13-15,21-27,36-37H2,1-12H3. The number of ether oxygens (including phenoxy) is 5. The van der Waals surface area contributed by atoms with Crippen LogP contribution in [0.5, 0.6) is 28.7 Å². The highest BCUT2D eigenvalue weighted by Crippen LogP contribution is 2.44. The SMILES string of the molecule is CCCOc1c2cc(C(C)(C)C)cc1Cc1cc(C(C)(C)C)cc(c1OCCC)Cc1cc(C(C)(C)C)cc(c1OCCC)Cc1cc(OCC(=O)OCc3ccccc3)cc(c1O)C2. The Morgan fingerprint density at radius 2 is 0.831 bits per heavy atom. The van der Waals surface area contributed by atoms with Crippen LogP contribution in [0.1, 0.15) is 169 Å². The average molecular weight is 883 g/mol. The molecule has 1 aliphatic carbocycles. The van der Waals surface area contributed by atoms with Crippen molar-refractivity contribution in [1.29, 1.82) is 0 Å². The molecule has 5 aromatic rings. The van der Waals surface area contributed by atoms with Crippen molar-refractivity contribution in [2.45, 2.75) is 151 Å². The molecule has 65 heavy (non-hydrogen) atoms. The summed E-state index contributed by atoms with van der Waals surface area (Å²) >= 11 is 0. The lowest BCUT2D eigenvalue weighted by Crippen LogP contribution is -2.17. The van der Waals surface area contributed by atoms with Gasteiger partial charge in [-0.2, -0.15) is 0 Å². The average Bonchev–Trinajstić information content (AvgIpc) is 3.24. The van der Waals surface area contributed by atoms with Gasteiger partial charge < -0.3 is 28.8 Å². The van der Waals surface area contributed by atoms with Crippen molar-refractivity contribution >= 4 is 5.97 Å². The maximum atomic E-state index is 13.1. The van der Waals surface area contributed by atoms with E-state index in [9.17, 15) is 9.90 Å². The van der Waals surface area contributed by atoms with E-state index < -0.39 is 5.97 Å². The number of carbonyl (C=O) groups excluding carboxylic acids is 1. The number of benzene rings is 5. The van der Waals surface area contributed by atoms with Gasteiger partial charge in [-0.1, -0.05) is 150 Å². The maximum absolute atomic E-state index is 13.1. The molecule has 5 aromatic carbocycles. The fraction of sp³-hybridized carbons (Fsp3) is 0.466. The molecule has 0 heterocycles. The summed E-state index contributed by atoms with van der Waals surface area (Å²) in [4.78, 5) is 13.1. The molecule has 7 nitrogen and oxygen atoms in total. The van der Waals surface area contributed by atoms with Gasteiger partial charge >= 0.3 is 5.97 Å². The minimum absolute atomic E-state index is 0.133. The van der Waals surface area contributed by atoms with Crippen molar-refractivity contribution in [3.05, 3.63) is 146 Å². The minimum atomic E-state index is -0.477. The van der Waals surface area contributed by atoms with Crippen LogP contribution in [0, 0.1) is 0 Å². The smallest absolute Gasteiger partial charge is 0.344 e. The number of fused-ring (bicyclic) bond motifs is 8. The molecule has 0 spiro atoms. The number of esters is 1. The van der Waals surface area contributed by atoms with Gasteiger partial charge in [0.05, 0.1) is 19.8 Å². The Labute approximate surface area is 389 Å². The Morgan fingerprint density at radius 3 is 1.15 bits per heavy atom. The molecule has 6 rings (SSSR count). The molecule has 1 N–H and O–H groups in total. The van der Waals surface area contributed by atoms with E-state index in [0.717, 1.165) is 75.5 Å². The second-order valence-corrected chi connectivity index (χ2v) is 20.9. The topological polar surface area (TPSA) is 83.5 Å². The van der Waals surface area contributed by atoms with Crippen molar-refractivity contribution in [3.63, 3.8) is 0 Å². The first-order valence-corrected chi connectivity index (χ1v) is 23.8. The number of carbonyl (C=O) groups is 1. The van der Waals surface area contributed by atoms with E-state index in [2.05, 4.69) is 119 Å². The lowest BCUT2D eigenvalue weighted by molar-refractivity contribution is -0.147. The minimum Gasteiger partial charge on any atom is -0.507 e. The van der Waals surface area contributed by atoms with Crippen LogP contribution in [0.2, 0.25) is 0 Å². The molecule has 0 aliphatic heterocycles. The second-order valence-electron chi connectivity index (χ2n) is 20.9. The van der Waals surface area contributed by atoms with E-state index in [1.165, 1.54) is 16.7 Å². The first-order chi connectivity index (χ1) is 30.8. The molecule has 8 bridgehead atoms. The number of phenols is 1. The third-order valence-corrected chi connectivity index (χ3v) is 12.0. The molecule has 0 radical (unpaired) electrons. The summed E-state index contributed by atoms with van der Waals surface area (Å²) in [5.41, 5.74) is 11.7. The Kier molecular flexibility index (Phi) is 15.7. The number of rotatable bonds is 14. The quantitative estimate of drug-likeness (QED) is 0.109. The monoisotopic (exact) mass is 883 g/mol. The van der Waals surface area contributed by atoms with Crippen LogP contribution in [0.4, 0.5) is 0 Å². The van der Waals surface area contributed by atoms with Gasteiger partial charge in [-0.15, -0.1) is 0 Å². The van der Waals surface area contributed by atoms with Crippen LogP contribution in [-0.4, -0.2) is 37.5 Å². The second kappa shape index (κ2) is 20.8. The normalized spacial score (nSPS) is 13.0. The predicted molar refractivity (Wildman–Crippen MR) is 264 cm³/mol. The number of hydrogen-bond acceptors (Lipinski definition) is 7. The summed E-state index contributed by atoms with van der Waals surface area (Å²) < 4.78 is 32.4. The van der Waals surface area contributed by atoms with E-state index in [4.69, 9.17) is 23.7 Å². The van der Waals surface area contributed by atoms with E-state index in [1.54, 1.807) is 0 Å². The molecule has 1 aliphatic rings. The van der Waals surface area contributed by atoms with Crippen molar-refractivity contribution in [2.75, 3.05) is 26.4 Å². The van der Waals surface area contributed by atoms with Gasteiger partial charge in [-0.25, -0.2) is 4.79 Å². The van der Waals surface area contributed by atoms with E-state index in [1.807, 2.05) is 42.5 Å². The maximum Gasteiger partial charge on any atom is 0.344 e. The van der Waals surface area contributed by atoms with E-state index in [-0.39, 0.29) is 35.2 Å². The number of hydrogen-bond donors (Lipinski definition) is 1. The Hall–Kier alpha value is -5.43. The molecule has 0 saturated carbocycles. The molecule has 0 saturated heterocycles. The molecular formula is C58H74O7. The Bertz CT molecular complexity index is 2300. The number of phenolic OH excluding ortho intramolecular Hbond substituents is 1. The number of aromatic hydroxyl groups is 1. The molecule has 0 atom stereocenters. The summed E-state index contributed by atoms with van der Waals surface area (Å²) in [5, 5.41) is 12.5. The van der Waals surface area contributed by atoms with Gasteiger partial charge in [0.25, 0.3) is 0 Å². The third kappa shape index (κ3) is 12.5. The van der Waals surface area contributed by atoms with Crippen LogP contribution in [0.3, 0.4) is 0 Å². The van der Waals surface area contributed by atoms with Crippen molar-refractivity contribution < 1.29 is 33.6 Å². The molecule has 348 valence electrons. The molecule has 7 heteroatoms. The van der Waals surface area contributed by atoms with Crippen molar-refractivity contribution in [3.8, 4) is 28.7 Å². The van der Waals surface area contributed by atoms with Crippen LogP contribution >= 0.6 is 0 Å². The van der Waals surface area contributed by atoms with Gasteiger partial charge in [0.2, 0.25) is 0 Å². The van der Waals surface area contributed by atoms with Gasteiger partial charge in [0, 0.05) is 36.8 Å².